The molecule has 1 heterocycles. The van der Waals surface area contributed by atoms with Crippen molar-refractivity contribution in [2.24, 2.45) is 5.92 Å². The standard InChI is InChI=1S/C13H20N2O2.C10H18N2O2.C3H7NO.C3H8.C3H6.3C2H6/c1-4-5-7-11(10(2)16)14-13(17)12-8-6-9-15(12)3;1-11-10(14)12-9(7-13)8-5-3-2-4-6-8;1-2-4-3-5;2*1-3-2;3*1-2/h1,11-12H,5-9H2,2-3H3,(H,14,17);7-9H,2-6H2,1H3,(H2,11,12,14);3H,2H2,1H3,(H,4,5);3H2,1-2H3;3H,1H2,2H3;3*1-2H3. The SMILES string of the molecule is C#CCCC(NC(=O)C1CCCN1C)C(C)=O.C=CC.CC.CC.CC.CCC.CCNC=O.CNC(=O)NC(C=O)C1CCCCC1. The molecular weight excluding hydrogens is 606 g/mol. The van der Waals surface area contributed by atoms with Crippen LogP contribution in [0.15, 0.2) is 12.7 Å². The van der Waals surface area contributed by atoms with E-state index in [0.717, 1.165) is 45.1 Å². The first-order valence-corrected chi connectivity index (χ1v) is 18.2. The van der Waals surface area contributed by atoms with Crippen LogP contribution in [0.5, 0.6) is 0 Å². The monoisotopic (exact) mass is 684 g/mol. The van der Waals surface area contributed by atoms with Gasteiger partial charge in [-0.1, -0.05) is 87.1 Å². The summed E-state index contributed by atoms with van der Waals surface area (Å²) in [7, 11) is 3.49. The number of carbonyl (C=O) groups excluding carboxylic acids is 5. The summed E-state index contributed by atoms with van der Waals surface area (Å²) in [6.45, 7) is 26.5. The first-order chi connectivity index (χ1) is 23.1. The number of rotatable bonds is 10. The second-order valence-corrected chi connectivity index (χ2v) is 10.1. The summed E-state index contributed by atoms with van der Waals surface area (Å²) in [5, 5.41) is 10.4. The van der Waals surface area contributed by atoms with Gasteiger partial charge in [0.1, 0.15) is 6.29 Å². The van der Waals surface area contributed by atoms with E-state index in [1.54, 1.807) is 13.1 Å². The molecule has 3 atom stereocenters. The van der Waals surface area contributed by atoms with Gasteiger partial charge in [-0.25, -0.2) is 4.79 Å². The number of likely N-dealkylation sites (N-methyl/N-ethyl adjacent to an activating group) is 1. The summed E-state index contributed by atoms with van der Waals surface area (Å²) in [4.78, 5) is 56.5. The van der Waals surface area contributed by atoms with Crippen LogP contribution >= 0.6 is 0 Å². The van der Waals surface area contributed by atoms with Crippen molar-refractivity contribution in [1.29, 1.82) is 0 Å². The number of terminal acetylenes is 1. The number of urea groups is 1. The van der Waals surface area contributed by atoms with E-state index in [0.29, 0.717) is 25.2 Å². The van der Waals surface area contributed by atoms with Gasteiger partial charge in [-0.3, -0.25) is 19.3 Å². The van der Waals surface area contributed by atoms with Crippen molar-refractivity contribution >= 4 is 30.4 Å². The summed E-state index contributed by atoms with van der Waals surface area (Å²) in [6.07, 6.45) is 18.3. The van der Waals surface area contributed by atoms with E-state index in [4.69, 9.17) is 6.42 Å². The fourth-order valence-electron chi connectivity index (χ4n) is 4.18. The Morgan fingerprint density at radius 2 is 1.44 bits per heavy atom. The van der Waals surface area contributed by atoms with Gasteiger partial charge >= 0.3 is 6.03 Å². The Labute approximate surface area is 296 Å². The molecule has 3 unspecified atom stereocenters. The van der Waals surface area contributed by atoms with Gasteiger partial charge in [0.15, 0.2) is 5.78 Å². The Morgan fingerprint density at radius 1 is 0.938 bits per heavy atom. The predicted octanol–water partition coefficient (Wildman–Crippen LogP) is 7.07. The van der Waals surface area contributed by atoms with Crippen LogP contribution in [0.3, 0.4) is 0 Å². The molecule has 284 valence electrons. The average molecular weight is 684 g/mol. The molecule has 0 aromatic carbocycles. The smallest absolute Gasteiger partial charge is 0.315 e. The first kappa shape index (κ1) is 57.1. The number of amides is 4. The van der Waals surface area contributed by atoms with Crippen LogP contribution in [0.4, 0.5) is 4.79 Å². The molecule has 2 aliphatic rings. The van der Waals surface area contributed by atoms with Crippen molar-refractivity contribution in [3.63, 3.8) is 0 Å². The number of ketones is 1. The van der Waals surface area contributed by atoms with Crippen molar-refractivity contribution in [3.8, 4) is 12.3 Å². The summed E-state index contributed by atoms with van der Waals surface area (Å²) >= 11 is 0. The Kier molecular flexibility index (Phi) is 57.3. The molecule has 0 radical (unpaired) electrons. The Morgan fingerprint density at radius 3 is 1.75 bits per heavy atom. The molecule has 2 rings (SSSR count). The molecule has 0 aromatic heterocycles. The van der Waals surface area contributed by atoms with E-state index in [-0.39, 0.29) is 29.8 Å². The minimum atomic E-state index is -0.437. The zero-order valence-corrected chi connectivity index (χ0v) is 33.3. The zero-order valence-electron chi connectivity index (χ0n) is 33.3. The molecule has 4 amide bonds. The number of likely N-dealkylation sites (tertiary alicyclic amines) is 1. The number of allylic oxidation sites excluding steroid dienone is 1. The first-order valence-electron chi connectivity index (χ1n) is 18.2. The zero-order chi connectivity index (χ0) is 38.8. The van der Waals surface area contributed by atoms with Crippen molar-refractivity contribution in [2.75, 3.05) is 27.2 Å². The minimum absolute atomic E-state index is 0.0331. The van der Waals surface area contributed by atoms with Crippen molar-refractivity contribution in [2.45, 2.75) is 158 Å². The molecule has 1 saturated heterocycles. The van der Waals surface area contributed by atoms with Gasteiger partial charge in [0.05, 0.1) is 18.1 Å². The fraction of sp³-hybridized carbons (Fsp3) is 0.763. The average Bonchev–Trinajstić information content (AvgIpc) is 3.55. The third-order valence-corrected chi connectivity index (χ3v) is 6.32. The minimum Gasteiger partial charge on any atom is -0.359 e. The molecule has 0 spiro atoms. The third-order valence-electron chi connectivity index (χ3n) is 6.32. The maximum atomic E-state index is 12.0. The van der Waals surface area contributed by atoms with Gasteiger partial charge < -0.3 is 26.1 Å². The number of carbonyl (C=O) groups is 5. The van der Waals surface area contributed by atoms with Gasteiger partial charge in [-0.15, -0.1) is 18.9 Å². The molecule has 1 saturated carbocycles. The van der Waals surface area contributed by atoms with Gasteiger partial charge in [-0.05, 0) is 72.4 Å². The highest BCUT2D eigenvalue weighted by atomic mass is 16.2. The topological polar surface area (TPSA) is 137 Å². The predicted molar refractivity (Wildman–Crippen MR) is 206 cm³/mol. The van der Waals surface area contributed by atoms with Crippen LogP contribution in [0.2, 0.25) is 0 Å². The van der Waals surface area contributed by atoms with Crippen molar-refractivity contribution in [1.82, 2.24) is 26.2 Å². The highest BCUT2D eigenvalue weighted by molar-refractivity contribution is 5.89. The van der Waals surface area contributed by atoms with Crippen LogP contribution in [-0.4, -0.2) is 80.6 Å². The molecule has 48 heavy (non-hydrogen) atoms. The third kappa shape index (κ3) is 37.3. The molecule has 10 nitrogen and oxygen atoms in total. The Balaban J connectivity index is -0.000000127. The number of hydrogen-bond acceptors (Lipinski definition) is 6. The maximum Gasteiger partial charge on any atom is 0.315 e. The lowest BCUT2D eigenvalue weighted by Crippen LogP contribution is -2.48. The van der Waals surface area contributed by atoms with Crippen LogP contribution in [0, 0.1) is 18.3 Å². The summed E-state index contributed by atoms with van der Waals surface area (Å²) in [5.74, 6) is 2.74. The molecule has 1 aliphatic heterocycles. The van der Waals surface area contributed by atoms with Gasteiger partial charge in [-0.2, -0.15) is 0 Å². The number of nitrogens with zero attached hydrogens (tertiary/aromatic N) is 1. The maximum absolute atomic E-state index is 12.0. The normalized spacial score (nSPS) is 15.2. The number of Topliss-reactive ketones (excluding diaryl/α,β-unsaturated/α-hetero) is 1. The van der Waals surface area contributed by atoms with E-state index in [1.807, 2.05) is 67.3 Å². The lowest BCUT2D eigenvalue weighted by molar-refractivity contribution is -0.129. The molecule has 10 heteroatoms. The van der Waals surface area contributed by atoms with Crippen molar-refractivity contribution in [3.05, 3.63) is 12.7 Å². The molecule has 1 aliphatic carbocycles. The molecule has 4 N–H and O–H groups in total. The summed E-state index contributed by atoms with van der Waals surface area (Å²) in [6, 6.07) is -1.11. The highest BCUT2D eigenvalue weighted by Crippen LogP contribution is 2.25. The van der Waals surface area contributed by atoms with Crippen LogP contribution in [-0.2, 0) is 19.2 Å². The van der Waals surface area contributed by atoms with Gasteiger partial charge in [0.2, 0.25) is 12.3 Å². The van der Waals surface area contributed by atoms with E-state index < -0.39 is 6.04 Å². The quantitative estimate of drug-likeness (QED) is 0.110. The van der Waals surface area contributed by atoms with E-state index in [9.17, 15) is 24.0 Å². The second-order valence-electron chi connectivity index (χ2n) is 10.1. The molecule has 0 bridgehead atoms. The highest BCUT2D eigenvalue weighted by Gasteiger charge is 2.29. The molecule has 0 aromatic rings. The second kappa shape index (κ2) is 48.2. The largest absolute Gasteiger partial charge is 0.359 e. The van der Waals surface area contributed by atoms with Gasteiger partial charge in [0, 0.05) is 20.0 Å². The van der Waals surface area contributed by atoms with Crippen LogP contribution < -0.4 is 21.3 Å². The van der Waals surface area contributed by atoms with Crippen LogP contribution in [0.25, 0.3) is 0 Å². The molecular formula is C38H77N5O5. The lowest BCUT2D eigenvalue weighted by Gasteiger charge is -2.26. The van der Waals surface area contributed by atoms with E-state index in [1.165, 1.54) is 32.6 Å². The van der Waals surface area contributed by atoms with Gasteiger partial charge in [0.25, 0.3) is 0 Å². The lowest BCUT2D eigenvalue weighted by atomic mass is 9.84. The number of hydrogen-bond donors (Lipinski definition) is 4. The Hall–Kier alpha value is -3.19. The Bertz CT molecular complexity index is 780. The fourth-order valence-corrected chi connectivity index (χ4v) is 4.18. The molecule has 2 fully saturated rings. The summed E-state index contributed by atoms with van der Waals surface area (Å²) in [5.41, 5.74) is 0. The number of nitrogens with one attached hydrogen (secondary N) is 4. The van der Waals surface area contributed by atoms with E-state index in [2.05, 4.69) is 47.6 Å². The van der Waals surface area contributed by atoms with E-state index >= 15 is 0 Å². The van der Waals surface area contributed by atoms with Crippen molar-refractivity contribution < 1.29 is 24.0 Å². The number of aldehydes is 1. The van der Waals surface area contributed by atoms with Crippen LogP contribution in [0.1, 0.15) is 140 Å². The summed E-state index contributed by atoms with van der Waals surface area (Å²) < 4.78 is 0.